The second-order valence-electron chi connectivity index (χ2n) is 4.27. The van der Waals surface area contributed by atoms with Gasteiger partial charge in [-0.2, -0.15) is 5.10 Å². The first-order chi connectivity index (χ1) is 9.38. The maximum absolute atomic E-state index is 11.9. The highest BCUT2D eigenvalue weighted by molar-refractivity contribution is 7.89. The Labute approximate surface area is 122 Å². The Morgan fingerprint density at radius 3 is 2.60 bits per heavy atom. The van der Waals surface area contributed by atoms with E-state index in [1.165, 1.54) is 17.1 Å². The summed E-state index contributed by atoms with van der Waals surface area (Å²) in [7, 11) is -2.04. The lowest BCUT2D eigenvalue weighted by Gasteiger charge is -2.12. The zero-order valence-electron chi connectivity index (χ0n) is 10.7. The molecule has 0 aliphatic heterocycles. The molecule has 0 bridgehead atoms. The number of aryl methyl sites for hydroxylation is 1. The third-order valence-electron chi connectivity index (χ3n) is 2.71. The zero-order chi connectivity index (χ0) is 14.8. The highest BCUT2D eigenvalue weighted by atomic mass is 35.5. The van der Waals surface area contributed by atoms with Gasteiger partial charge in [-0.1, -0.05) is 23.7 Å². The smallest absolute Gasteiger partial charge is 0.243 e. The standard InChI is InChI=1S/C12H14ClN3O3S/c1-16-8-11(6-14-16)20(18,19)15-7-12(17)9-2-4-10(13)5-3-9/h2-6,8,12,15,17H,7H2,1H3. The molecular formula is C12H14ClN3O3S. The maximum Gasteiger partial charge on any atom is 0.243 e. The van der Waals surface area contributed by atoms with Crippen molar-refractivity contribution in [2.45, 2.75) is 11.0 Å². The van der Waals surface area contributed by atoms with Crippen molar-refractivity contribution in [3.63, 3.8) is 0 Å². The van der Waals surface area contributed by atoms with Crippen molar-refractivity contribution in [2.24, 2.45) is 7.05 Å². The normalized spacial score (nSPS) is 13.3. The lowest BCUT2D eigenvalue weighted by atomic mass is 10.1. The molecule has 0 spiro atoms. The summed E-state index contributed by atoms with van der Waals surface area (Å²) >= 11 is 5.75. The third-order valence-corrected chi connectivity index (χ3v) is 4.34. The van der Waals surface area contributed by atoms with Crippen molar-refractivity contribution >= 4 is 21.6 Å². The van der Waals surface area contributed by atoms with E-state index < -0.39 is 16.1 Å². The van der Waals surface area contributed by atoms with Crippen molar-refractivity contribution in [1.82, 2.24) is 14.5 Å². The van der Waals surface area contributed by atoms with Gasteiger partial charge in [0.25, 0.3) is 0 Å². The molecule has 0 aliphatic rings. The number of aromatic nitrogens is 2. The van der Waals surface area contributed by atoms with Gasteiger partial charge in [0.05, 0.1) is 12.3 Å². The number of nitrogens with one attached hydrogen (secondary N) is 1. The summed E-state index contributed by atoms with van der Waals surface area (Å²) in [4.78, 5) is 0.0586. The number of benzene rings is 1. The highest BCUT2D eigenvalue weighted by Gasteiger charge is 2.18. The van der Waals surface area contributed by atoms with Crippen LogP contribution < -0.4 is 4.72 Å². The second-order valence-corrected chi connectivity index (χ2v) is 6.47. The maximum atomic E-state index is 11.9. The molecule has 0 amide bonds. The number of nitrogens with zero attached hydrogens (tertiary/aromatic N) is 2. The number of rotatable bonds is 5. The van der Waals surface area contributed by atoms with Gasteiger partial charge in [-0.15, -0.1) is 0 Å². The van der Waals surface area contributed by atoms with Gasteiger partial charge in [-0.25, -0.2) is 13.1 Å². The summed E-state index contributed by atoms with van der Waals surface area (Å²) in [5, 5.41) is 14.3. The van der Waals surface area contributed by atoms with Crippen LogP contribution in [0.15, 0.2) is 41.6 Å². The van der Waals surface area contributed by atoms with Gasteiger partial charge in [0.15, 0.2) is 0 Å². The van der Waals surface area contributed by atoms with Crippen LogP contribution in [0, 0.1) is 0 Å². The van der Waals surface area contributed by atoms with Crippen LogP contribution in [0.1, 0.15) is 11.7 Å². The van der Waals surface area contributed by atoms with Crippen LogP contribution in [0.4, 0.5) is 0 Å². The summed E-state index contributed by atoms with van der Waals surface area (Å²) < 4.78 is 27.6. The number of hydrogen-bond acceptors (Lipinski definition) is 4. The van der Waals surface area contributed by atoms with Crippen LogP contribution in [0.2, 0.25) is 5.02 Å². The van der Waals surface area contributed by atoms with E-state index in [1.807, 2.05) is 0 Å². The Balaban J connectivity index is 2.03. The molecular weight excluding hydrogens is 302 g/mol. The minimum Gasteiger partial charge on any atom is -0.387 e. The molecule has 0 aliphatic carbocycles. The summed E-state index contributed by atoms with van der Waals surface area (Å²) in [5.41, 5.74) is 0.586. The molecule has 1 atom stereocenters. The highest BCUT2D eigenvalue weighted by Crippen LogP contribution is 2.16. The van der Waals surface area contributed by atoms with Crippen molar-refractivity contribution < 1.29 is 13.5 Å². The fourth-order valence-corrected chi connectivity index (χ4v) is 2.76. The molecule has 2 rings (SSSR count). The van der Waals surface area contributed by atoms with Gasteiger partial charge in [0.1, 0.15) is 4.90 Å². The van der Waals surface area contributed by atoms with E-state index in [0.717, 1.165) is 0 Å². The third kappa shape index (κ3) is 3.57. The average molecular weight is 316 g/mol. The molecule has 1 aromatic heterocycles. The molecule has 108 valence electrons. The second kappa shape index (κ2) is 5.92. The number of aliphatic hydroxyl groups excluding tert-OH is 1. The van der Waals surface area contributed by atoms with Gasteiger partial charge in [0, 0.05) is 24.8 Å². The molecule has 1 aromatic carbocycles. The lowest BCUT2D eigenvalue weighted by Crippen LogP contribution is -2.28. The molecule has 0 saturated heterocycles. The summed E-state index contributed by atoms with van der Waals surface area (Å²) in [6.45, 7) is -0.126. The Hall–Kier alpha value is -1.41. The Morgan fingerprint density at radius 1 is 1.40 bits per heavy atom. The van der Waals surface area contributed by atoms with Gasteiger partial charge in [0.2, 0.25) is 10.0 Å². The zero-order valence-corrected chi connectivity index (χ0v) is 12.3. The molecule has 2 N–H and O–H groups in total. The number of halogens is 1. The summed E-state index contributed by atoms with van der Waals surface area (Å²) in [6.07, 6.45) is 1.69. The minimum absolute atomic E-state index is 0.0586. The van der Waals surface area contributed by atoms with Crippen LogP contribution in [0.25, 0.3) is 0 Å². The van der Waals surface area contributed by atoms with E-state index >= 15 is 0 Å². The van der Waals surface area contributed by atoms with Crippen molar-refractivity contribution in [1.29, 1.82) is 0 Å². The van der Waals surface area contributed by atoms with Crippen molar-refractivity contribution in [3.05, 3.63) is 47.2 Å². The SMILES string of the molecule is Cn1cc(S(=O)(=O)NCC(O)c2ccc(Cl)cc2)cn1. The molecule has 1 heterocycles. The molecule has 0 fully saturated rings. The fraction of sp³-hybridized carbons (Fsp3) is 0.250. The lowest BCUT2D eigenvalue weighted by molar-refractivity contribution is 0.182. The number of hydrogen-bond donors (Lipinski definition) is 2. The predicted octanol–water partition coefficient (Wildman–Crippen LogP) is 1.09. The Kier molecular flexibility index (Phi) is 4.44. The fourth-order valence-electron chi connectivity index (χ4n) is 1.61. The molecule has 6 nitrogen and oxygen atoms in total. The number of aliphatic hydroxyl groups is 1. The first-order valence-corrected chi connectivity index (χ1v) is 7.66. The minimum atomic E-state index is -3.67. The monoisotopic (exact) mass is 315 g/mol. The van der Waals surface area contributed by atoms with E-state index in [4.69, 9.17) is 11.6 Å². The van der Waals surface area contributed by atoms with E-state index in [2.05, 4.69) is 9.82 Å². The first-order valence-electron chi connectivity index (χ1n) is 5.80. The van der Waals surface area contributed by atoms with E-state index in [0.29, 0.717) is 10.6 Å². The van der Waals surface area contributed by atoms with Crippen molar-refractivity contribution in [2.75, 3.05) is 6.54 Å². The molecule has 0 radical (unpaired) electrons. The molecule has 1 unspecified atom stereocenters. The van der Waals surface area contributed by atoms with E-state index in [-0.39, 0.29) is 11.4 Å². The van der Waals surface area contributed by atoms with Gasteiger partial charge >= 0.3 is 0 Å². The quantitative estimate of drug-likeness (QED) is 0.865. The van der Waals surface area contributed by atoms with Crippen LogP contribution in [-0.2, 0) is 17.1 Å². The van der Waals surface area contributed by atoms with Crippen LogP contribution in [-0.4, -0.2) is 29.8 Å². The Morgan fingerprint density at radius 2 is 2.05 bits per heavy atom. The largest absolute Gasteiger partial charge is 0.387 e. The molecule has 8 heteroatoms. The van der Waals surface area contributed by atoms with E-state index in [9.17, 15) is 13.5 Å². The van der Waals surface area contributed by atoms with Gasteiger partial charge < -0.3 is 5.11 Å². The molecule has 2 aromatic rings. The Bertz CT molecular complexity index is 682. The summed E-state index contributed by atoms with van der Waals surface area (Å²) in [6, 6.07) is 6.56. The van der Waals surface area contributed by atoms with Crippen molar-refractivity contribution in [3.8, 4) is 0 Å². The number of sulfonamides is 1. The van der Waals surface area contributed by atoms with Crippen LogP contribution in [0.5, 0.6) is 0 Å². The summed E-state index contributed by atoms with van der Waals surface area (Å²) in [5.74, 6) is 0. The van der Waals surface area contributed by atoms with Gasteiger partial charge in [-0.3, -0.25) is 4.68 Å². The predicted molar refractivity (Wildman–Crippen MR) is 74.8 cm³/mol. The van der Waals surface area contributed by atoms with Gasteiger partial charge in [-0.05, 0) is 17.7 Å². The molecule has 20 heavy (non-hydrogen) atoms. The average Bonchev–Trinajstić information content (AvgIpc) is 2.84. The molecule has 0 saturated carbocycles. The topological polar surface area (TPSA) is 84.2 Å². The first kappa shape index (κ1) is 15.0. The van der Waals surface area contributed by atoms with E-state index in [1.54, 1.807) is 31.3 Å². The van der Waals surface area contributed by atoms with Crippen LogP contribution >= 0.6 is 11.6 Å². The van der Waals surface area contributed by atoms with Crippen LogP contribution in [0.3, 0.4) is 0 Å².